The fourth-order valence-corrected chi connectivity index (χ4v) is 3.32. The molecule has 0 spiro atoms. The van der Waals surface area contributed by atoms with E-state index in [1.54, 1.807) is 21.3 Å². The first kappa shape index (κ1) is 18.9. The van der Waals surface area contributed by atoms with Crippen molar-refractivity contribution in [1.29, 1.82) is 0 Å². The molecule has 0 N–H and O–H groups in total. The molecule has 1 heterocycles. The molecule has 0 unspecified atom stereocenters. The number of anilines is 1. The maximum atomic E-state index is 12.8. The Morgan fingerprint density at radius 1 is 0.889 bits per heavy atom. The van der Waals surface area contributed by atoms with Crippen molar-refractivity contribution in [3.63, 3.8) is 0 Å². The molecule has 0 bridgehead atoms. The number of carbonyl (C=O) groups is 1. The lowest BCUT2D eigenvalue weighted by atomic mass is 10.1. The zero-order valence-corrected chi connectivity index (χ0v) is 16.1. The summed E-state index contributed by atoms with van der Waals surface area (Å²) in [5.41, 5.74) is 1.97. The summed E-state index contributed by atoms with van der Waals surface area (Å²) < 4.78 is 15.9. The van der Waals surface area contributed by atoms with Gasteiger partial charge in [-0.1, -0.05) is 6.07 Å². The molecular formula is C21H26N2O4. The second kappa shape index (κ2) is 8.66. The summed E-state index contributed by atoms with van der Waals surface area (Å²) in [6.45, 7) is 2.99. The number of methoxy groups -OCH3 is 3. The smallest absolute Gasteiger partial charge is 0.227 e. The van der Waals surface area contributed by atoms with Crippen LogP contribution in [0.3, 0.4) is 0 Å². The Hall–Kier alpha value is -2.89. The summed E-state index contributed by atoms with van der Waals surface area (Å²) in [5, 5.41) is 0. The van der Waals surface area contributed by atoms with Crippen LogP contribution in [0.2, 0.25) is 0 Å². The second-order valence-corrected chi connectivity index (χ2v) is 6.42. The van der Waals surface area contributed by atoms with Gasteiger partial charge in [-0.2, -0.15) is 0 Å². The van der Waals surface area contributed by atoms with Crippen LogP contribution in [0.1, 0.15) is 5.56 Å². The molecule has 0 aliphatic carbocycles. The lowest BCUT2D eigenvalue weighted by molar-refractivity contribution is -0.130. The minimum Gasteiger partial charge on any atom is -0.497 e. The summed E-state index contributed by atoms with van der Waals surface area (Å²) in [7, 11) is 4.90. The number of piperazine rings is 1. The van der Waals surface area contributed by atoms with Crippen LogP contribution in [-0.4, -0.2) is 58.3 Å². The van der Waals surface area contributed by atoms with Crippen molar-refractivity contribution in [2.24, 2.45) is 0 Å². The lowest BCUT2D eigenvalue weighted by Crippen LogP contribution is -2.49. The Balaban J connectivity index is 1.62. The van der Waals surface area contributed by atoms with Gasteiger partial charge in [-0.25, -0.2) is 0 Å². The van der Waals surface area contributed by atoms with Crippen molar-refractivity contribution >= 4 is 11.6 Å². The first-order chi connectivity index (χ1) is 13.1. The molecule has 1 saturated heterocycles. The van der Waals surface area contributed by atoms with Gasteiger partial charge in [0.2, 0.25) is 5.91 Å². The Morgan fingerprint density at radius 2 is 1.59 bits per heavy atom. The molecule has 2 aromatic rings. The molecule has 1 fully saturated rings. The molecule has 1 aliphatic heterocycles. The van der Waals surface area contributed by atoms with Crippen LogP contribution in [0.15, 0.2) is 42.5 Å². The summed E-state index contributed by atoms with van der Waals surface area (Å²) >= 11 is 0. The maximum Gasteiger partial charge on any atom is 0.227 e. The third-order valence-corrected chi connectivity index (χ3v) is 4.88. The van der Waals surface area contributed by atoms with Crippen LogP contribution < -0.4 is 19.1 Å². The fourth-order valence-electron chi connectivity index (χ4n) is 3.32. The average molecular weight is 370 g/mol. The normalized spacial score (nSPS) is 14.0. The van der Waals surface area contributed by atoms with Gasteiger partial charge < -0.3 is 24.0 Å². The average Bonchev–Trinajstić information content (AvgIpc) is 2.73. The monoisotopic (exact) mass is 370 g/mol. The van der Waals surface area contributed by atoms with E-state index in [1.807, 2.05) is 41.3 Å². The number of nitrogens with zero attached hydrogens (tertiary/aromatic N) is 2. The highest BCUT2D eigenvalue weighted by Crippen LogP contribution is 2.26. The van der Waals surface area contributed by atoms with Crippen LogP contribution in [0, 0.1) is 0 Å². The molecule has 0 saturated carbocycles. The summed E-state index contributed by atoms with van der Waals surface area (Å²) in [6, 6.07) is 13.6. The van der Waals surface area contributed by atoms with Gasteiger partial charge in [0.05, 0.1) is 27.8 Å². The number of hydrogen-bond donors (Lipinski definition) is 0. The van der Waals surface area contributed by atoms with Crippen molar-refractivity contribution in [3.8, 4) is 17.2 Å². The van der Waals surface area contributed by atoms with Crippen LogP contribution in [0.4, 0.5) is 5.69 Å². The van der Waals surface area contributed by atoms with E-state index in [4.69, 9.17) is 14.2 Å². The summed E-state index contributed by atoms with van der Waals surface area (Å²) in [5.74, 6) is 2.38. The van der Waals surface area contributed by atoms with Crippen molar-refractivity contribution < 1.29 is 19.0 Å². The molecule has 0 aromatic heterocycles. The number of amides is 1. The molecule has 0 atom stereocenters. The van der Waals surface area contributed by atoms with E-state index in [2.05, 4.69) is 11.0 Å². The van der Waals surface area contributed by atoms with E-state index in [1.165, 1.54) is 0 Å². The summed E-state index contributed by atoms with van der Waals surface area (Å²) in [6.07, 6.45) is 0.305. The van der Waals surface area contributed by atoms with Gasteiger partial charge in [-0.15, -0.1) is 0 Å². The van der Waals surface area contributed by atoms with Crippen molar-refractivity contribution in [1.82, 2.24) is 4.90 Å². The molecule has 144 valence electrons. The Labute approximate surface area is 160 Å². The zero-order chi connectivity index (χ0) is 19.2. The SMILES string of the molecule is COc1cccc(N2CCN(C(=O)Cc3cc(OC)ccc3OC)CC2)c1. The van der Waals surface area contributed by atoms with Gasteiger partial charge in [0.1, 0.15) is 17.2 Å². The zero-order valence-electron chi connectivity index (χ0n) is 16.1. The molecule has 2 aromatic carbocycles. The van der Waals surface area contributed by atoms with E-state index in [9.17, 15) is 4.79 Å². The molecule has 1 aliphatic rings. The third-order valence-electron chi connectivity index (χ3n) is 4.88. The van der Waals surface area contributed by atoms with E-state index in [0.717, 1.165) is 35.8 Å². The molecule has 27 heavy (non-hydrogen) atoms. The molecule has 1 amide bonds. The van der Waals surface area contributed by atoms with Gasteiger partial charge in [0, 0.05) is 43.5 Å². The Morgan fingerprint density at radius 3 is 2.26 bits per heavy atom. The van der Waals surface area contributed by atoms with Gasteiger partial charge in [0.25, 0.3) is 0 Å². The van der Waals surface area contributed by atoms with Crippen LogP contribution in [-0.2, 0) is 11.2 Å². The van der Waals surface area contributed by atoms with Crippen molar-refractivity contribution in [2.45, 2.75) is 6.42 Å². The number of carbonyl (C=O) groups excluding carboxylic acids is 1. The van der Waals surface area contributed by atoms with Gasteiger partial charge in [0.15, 0.2) is 0 Å². The van der Waals surface area contributed by atoms with Gasteiger partial charge >= 0.3 is 0 Å². The van der Waals surface area contributed by atoms with Crippen molar-refractivity contribution in [3.05, 3.63) is 48.0 Å². The maximum absolute atomic E-state index is 12.8. The first-order valence-corrected chi connectivity index (χ1v) is 9.02. The second-order valence-electron chi connectivity index (χ2n) is 6.42. The first-order valence-electron chi connectivity index (χ1n) is 9.02. The molecule has 6 heteroatoms. The van der Waals surface area contributed by atoms with E-state index in [-0.39, 0.29) is 5.91 Å². The largest absolute Gasteiger partial charge is 0.497 e. The van der Waals surface area contributed by atoms with E-state index < -0.39 is 0 Å². The minimum atomic E-state index is 0.104. The summed E-state index contributed by atoms with van der Waals surface area (Å²) in [4.78, 5) is 17.0. The fraction of sp³-hybridized carbons (Fsp3) is 0.381. The highest BCUT2D eigenvalue weighted by molar-refractivity contribution is 5.80. The van der Waals surface area contributed by atoms with Crippen molar-refractivity contribution in [2.75, 3.05) is 52.4 Å². The van der Waals surface area contributed by atoms with Crippen LogP contribution >= 0.6 is 0 Å². The highest BCUT2D eigenvalue weighted by Gasteiger charge is 2.22. The molecule has 6 nitrogen and oxygen atoms in total. The Bertz CT molecular complexity index is 786. The standard InChI is InChI=1S/C21H26N2O4/c1-25-18-6-4-5-17(15-18)22-9-11-23(12-10-22)21(24)14-16-13-19(26-2)7-8-20(16)27-3/h4-8,13,15H,9-12,14H2,1-3H3. The van der Waals surface area contributed by atoms with Gasteiger partial charge in [-0.05, 0) is 30.3 Å². The number of benzene rings is 2. The third kappa shape index (κ3) is 4.45. The van der Waals surface area contributed by atoms with Gasteiger partial charge in [-0.3, -0.25) is 4.79 Å². The predicted octanol–water partition coefficient (Wildman–Crippen LogP) is 2.60. The van der Waals surface area contributed by atoms with E-state index in [0.29, 0.717) is 25.3 Å². The number of rotatable bonds is 6. The topological polar surface area (TPSA) is 51.2 Å². The van der Waals surface area contributed by atoms with Crippen LogP contribution in [0.5, 0.6) is 17.2 Å². The predicted molar refractivity (Wildman–Crippen MR) is 105 cm³/mol. The number of ether oxygens (including phenoxy) is 3. The van der Waals surface area contributed by atoms with Crippen LogP contribution in [0.25, 0.3) is 0 Å². The quantitative estimate of drug-likeness (QED) is 0.782. The Kier molecular flexibility index (Phi) is 6.06. The highest BCUT2D eigenvalue weighted by atomic mass is 16.5. The molecular weight excluding hydrogens is 344 g/mol. The van der Waals surface area contributed by atoms with E-state index >= 15 is 0 Å². The molecule has 0 radical (unpaired) electrons. The molecule has 3 rings (SSSR count). The minimum absolute atomic E-state index is 0.104. The number of hydrogen-bond acceptors (Lipinski definition) is 5. The lowest BCUT2D eigenvalue weighted by Gasteiger charge is -2.36.